The molecule has 1 unspecified atom stereocenters. The van der Waals surface area contributed by atoms with Gasteiger partial charge in [-0.3, -0.25) is 38.5 Å². The van der Waals surface area contributed by atoms with E-state index in [2.05, 4.69) is 21.3 Å². The first-order valence-electron chi connectivity index (χ1n) is 27.0. The van der Waals surface area contributed by atoms with Crippen LogP contribution in [0.4, 0.5) is 18.0 Å². The molecule has 3 heterocycles. The van der Waals surface area contributed by atoms with E-state index in [1.807, 2.05) is 51.1 Å². The lowest BCUT2D eigenvalue weighted by Crippen LogP contribution is -2.58. The number of amides is 9. The van der Waals surface area contributed by atoms with Crippen molar-refractivity contribution >= 4 is 53.4 Å². The van der Waals surface area contributed by atoms with Crippen LogP contribution in [0, 0.1) is 23.0 Å². The van der Waals surface area contributed by atoms with Gasteiger partial charge in [0.15, 0.2) is 6.61 Å². The molecule has 0 radical (unpaired) electrons. The minimum Gasteiger partial charge on any atom is -0.454 e. The molecule has 0 saturated carbocycles. The molecule has 0 aliphatic carbocycles. The van der Waals surface area contributed by atoms with Crippen LogP contribution in [0.5, 0.6) is 0 Å². The summed E-state index contributed by atoms with van der Waals surface area (Å²) in [5.41, 5.74) is 11.2. The monoisotopic (exact) mass is 1120 g/mol. The van der Waals surface area contributed by atoms with Crippen LogP contribution < -0.4 is 32.7 Å². The summed E-state index contributed by atoms with van der Waals surface area (Å²) < 4.78 is 51.2. The lowest BCUT2D eigenvalue weighted by molar-refractivity contribution is -0.160. The van der Waals surface area contributed by atoms with Crippen LogP contribution in [0.25, 0.3) is 11.3 Å². The Hall–Kier alpha value is -7.63. The number of benzene rings is 2. The molecule has 0 bridgehead atoms. The maximum Gasteiger partial charge on any atom is 0.329 e. The van der Waals surface area contributed by atoms with E-state index in [9.17, 15) is 51.9 Å². The number of ether oxygens (including phenoxy) is 1. The van der Waals surface area contributed by atoms with Crippen molar-refractivity contribution in [3.8, 4) is 11.3 Å². The third-order valence-corrected chi connectivity index (χ3v) is 13.8. The molecule has 2 aliphatic heterocycles. The van der Waals surface area contributed by atoms with Crippen LogP contribution in [0.1, 0.15) is 117 Å². The van der Waals surface area contributed by atoms with Gasteiger partial charge in [-0.05, 0) is 87.0 Å². The second-order valence-electron chi connectivity index (χ2n) is 21.6. The van der Waals surface area contributed by atoms with E-state index < -0.39 is 126 Å². The number of carbonyl (C=O) groups excluding carboxylic acids is 9. The Morgan fingerprint density at radius 2 is 1.59 bits per heavy atom. The number of halogens is 3. The lowest BCUT2D eigenvalue weighted by atomic mass is 9.84. The maximum atomic E-state index is 15.3. The van der Waals surface area contributed by atoms with E-state index in [-0.39, 0.29) is 81.9 Å². The Morgan fingerprint density at radius 1 is 0.887 bits per heavy atom. The SMILES string of the molecule is CC(C)[C@H](NC(=O)CCCCCN1C(=O)C=CC1=O)C(=O)N[C@@H](CCCNC(N)=O)C(=O)N[C@H](C)C(=O)N1CCCC1C(=O)OCC(=O)N(CC[C@H](N)CF)[C@@H](c1nc(-c2cc(F)ccc2F)cn1Cc1ccccc1)C(C)(C)C. The van der Waals surface area contributed by atoms with Gasteiger partial charge in [-0.25, -0.2) is 27.7 Å². The molecule has 0 spiro atoms. The number of nitrogens with one attached hydrogen (secondary N) is 4. The molecule has 1 aromatic heterocycles. The standard InChI is InChI=1S/C56H76F3N11O10/c1-34(2)48(66-44(71)19-11-8-12-26-69-45(72)22-23-46(69)73)52(76)65-41(17-13-25-62-55(61)79)51(75)63-35(3)53(77)68-27-14-18-43(68)54(78)80-33-47(74)70(28-24-38(60)30-57)49(56(4,5)6)50-64-42(39-29-37(58)20-21-40(39)59)32-67(50)31-36-15-9-7-10-16-36/h7,9-10,15-16,20-23,29,32,34-35,38,41,43,48-49H,8,11-14,17-19,24-28,30-31,33,60H2,1-6H3,(H,63,75)(H,65,76)(H,66,71)(H3,61,62,79)/t35-,38+,41+,43?,48+,49+/m1/s1. The molecular weight excluding hydrogens is 1040 g/mol. The molecule has 24 heteroatoms. The van der Waals surface area contributed by atoms with Crippen molar-refractivity contribution in [2.24, 2.45) is 22.8 Å². The highest BCUT2D eigenvalue weighted by Gasteiger charge is 2.42. The highest BCUT2D eigenvalue weighted by Crippen LogP contribution is 2.40. The Bertz CT molecular complexity index is 2700. The molecule has 3 aromatic rings. The van der Waals surface area contributed by atoms with Gasteiger partial charge in [-0.1, -0.05) is 71.4 Å². The van der Waals surface area contributed by atoms with E-state index in [1.54, 1.807) is 24.6 Å². The number of imide groups is 1. The van der Waals surface area contributed by atoms with E-state index in [4.69, 9.17) is 21.2 Å². The van der Waals surface area contributed by atoms with Gasteiger partial charge in [0.25, 0.3) is 17.7 Å². The summed E-state index contributed by atoms with van der Waals surface area (Å²) >= 11 is 0. The normalized spacial score (nSPS) is 16.2. The number of nitrogens with two attached hydrogens (primary N) is 2. The van der Waals surface area contributed by atoms with E-state index >= 15 is 4.39 Å². The maximum absolute atomic E-state index is 15.3. The second-order valence-corrected chi connectivity index (χ2v) is 21.6. The summed E-state index contributed by atoms with van der Waals surface area (Å²) in [5.74, 6) is -6.57. The zero-order chi connectivity index (χ0) is 58.8. The van der Waals surface area contributed by atoms with E-state index in [0.29, 0.717) is 25.7 Å². The van der Waals surface area contributed by atoms with Crippen molar-refractivity contribution in [2.75, 3.05) is 39.5 Å². The van der Waals surface area contributed by atoms with Gasteiger partial charge in [0.2, 0.25) is 23.6 Å². The number of imidazole rings is 1. The number of nitrogens with zero attached hydrogens (tertiary/aromatic N) is 5. The first kappa shape index (κ1) is 63.2. The van der Waals surface area contributed by atoms with Crippen LogP contribution in [-0.4, -0.2) is 147 Å². The highest BCUT2D eigenvalue weighted by atomic mass is 19.1. The Morgan fingerprint density at radius 3 is 2.24 bits per heavy atom. The number of carbonyl (C=O) groups is 9. The van der Waals surface area contributed by atoms with Gasteiger partial charge in [0.05, 0.1) is 11.7 Å². The first-order valence-corrected chi connectivity index (χ1v) is 27.0. The summed E-state index contributed by atoms with van der Waals surface area (Å²) in [6.45, 7) is 9.02. The summed E-state index contributed by atoms with van der Waals surface area (Å²) in [5, 5.41) is 10.4. The molecule has 1 saturated heterocycles. The van der Waals surface area contributed by atoms with E-state index in [0.717, 1.165) is 28.7 Å². The van der Waals surface area contributed by atoms with Crippen LogP contribution in [-0.2, 0) is 49.6 Å². The summed E-state index contributed by atoms with van der Waals surface area (Å²) in [6.07, 6.45) is 6.05. The first-order chi connectivity index (χ1) is 37.9. The average Bonchev–Trinajstić information content (AvgIpc) is 4.15. The number of hydrogen-bond donors (Lipinski definition) is 6. The minimum atomic E-state index is -1.27. The smallest absolute Gasteiger partial charge is 0.329 e. The molecule has 436 valence electrons. The molecule has 8 N–H and O–H groups in total. The van der Waals surface area contributed by atoms with Gasteiger partial charge >= 0.3 is 12.0 Å². The summed E-state index contributed by atoms with van der Waals surface area (Å²) in [4.78, 5) is 127. The van der Waals surface area contributed by atoms with Crippen LogP contribution in [0.2, 0.25) is 0 Å². The Kier molecular flexibility index (Phi) is 23.3. The van der Waals surface area contributed by atoms with Gasteiger partial charge in [0, 0.05) is 69.1 Å². The number of alkyl halides is 1. The highest BCUT2D eigenvalue weighted by molar-refractivity contribution is 6.12. The molecule has 5 rings (SSSR count). The van der Waals surface area contributed by atoms with Gasteiger partial charge in [-0.15, -0.1) is 0 Å². The Balaban J connectivity index is 1.27. The number of unbranched alkanes of at least 4 members (excludes halogenated alkanes) is 2. The van der Waals surface area contributed by atoms with Gasteiger partial charge < -0.3 is 51.8 Å². The molecule has 21 nitrogen and oxygen atoms in total. The number of esters is 1. The number of hydrogen-bond acceptors (Lipinski definition) is 12. The minimum absolute atomic E-state index is 0.0121. The predicted octanol–water partition coefficient (Wildman–Crippen LogP) is 4.08. The third kappa shape index (κ3) is 17.9. The largest absolute Gasteiger partial charge is 0.454 e. The average molecular weight is 1120 g/mol. The van der Waals surface area contributed by atoms with Crippen molar-refractivity contribution in [3.05, 3.63) is 89.9 Å². The zero-order valence-corrected chi connectivity index (χ0v) is 46.3. The van der Waals surface area contributed by atoms with Crippen LogP contribution in [0.15, 0.2) is 66.9 Å². The molecule has 9 amide bonds. The van der Waals surface area contributed by atoms with Crippen LogP contribution >= 0.6 is 0 Å². The summed E-state index contributed by atoms with van der Waals surface area (Å²) in [7, 11) is 0. The fourth-order valence-corrected chi connectivity index (χ4v) is 9.58. The fraction of sp³-hybridized carbons (Fsp3) is 0.536. The molecular formula is C56H76F3N11O10. The Labute approximate surface area is 464 Å². The zero-order valence-electron chi connectivity index (χ0n) is 46.3. The number of primary amides is 1. The molecule has 2 aromatic carbocycles. The molecule has 6 atom stereocenters. The fourth-order valence-electron chi connectivity index (χ4n) is 9.58. The van der Waals surface area contributed by atoms with E-state index in [1.165, 1.54) is 28.9 Å². The molecule has 2 aliphatic rings. The van der Waals surface area contributed by atoms with Crippen molar-refractivity contribution in [3.63, 3.8) is 0 Å². The lowest BCUT2D eigenvalue weighted by Gasteiger charge is -2.40. The van der Waals surface area contributed by atoms with Crippen molar-refractivity contribution in [2.45, 2.75) is 142 Å². The topological polar surface area (TPSA) is 291 Å². The van der Waals surface area contributed by atoms with Gasteiger partial charge in [-0.2, -0.15) is 0 Å². The van der Waals surface area contributed by atoms with Crippen LogP contribution in [0.3, 0.4) is 0 Å². The molecule has 1 fully saturated rings. The predicted molar refractivity (Wildman–Crippen MR) is 289 cm³/mol. The second kappa shape index (κ2) is 29.5. The quantitative estimate of drug-likeness (QED) is 0.0326. The van der Waals surface area contributed by atoms with Crippen molar-refractivity contribution < 1.29 is 61.1 Å². The van der Waals surface area contributed by atoms with Gasteiger partial charge in [0.1, 0.15) is 48.3 Å². The number of likely N-dealkylation sites (tertiary alicyclic amines) is 1. The summed E-state index contributed by atoms with van der Waals surface area (Å²) in [6, 6.07) is 4.74. The third-order valence-electron chi connectivity index (χ3n) is 13.8. The number of urea groups is 1. The molecule has 80 heavy (non-hydrogen) atoms. The number of rotatable bonds is 29. The van der Waals surface area contributed by atoms with Crippen molar-refractivity contribution in [1.29, 1.82) is 0 Å². The number of aromatic nitrogens is 2. The van der Waals surface area contributed by atoms with Crippen molar-refractivity contribution in [1.82, 2.24) is 45.5 Å².